The second-order valence-corrected chi connectivity index (χ2v) is 10.8. The average molecular weight is 473 g/mol. The molecule has 1 aliphatic heterocycles. The van der Waals surface area contributed by atoms with Gasteiger partial charge >= 0.3 is 0 Å². The van der Waals surface area contributed by atoms with Crippen molar-refractivity contribution in [1.29, 1.82) is 0 Å². The zero-order valence-corrected chi connectivity index (χ0v) is 20.2. The van der Waals surface area contributed by atoms with E-state index in [0.29, 0.717) is 31.1 Å². The van der Waals surface area contributed by atoms with Crippen LogP contribution in [0.5, 0.6) is 0 Å². The number of carbonyl (C=O) groups excluding carboxylic acids is 1. The molecule has 0 atom stereocenters. The van der Waals surface area contributed by atoms with Crippen LogP contribution in [0.25, 0.3) is 11.0 Å². The monoisotopic (exact) mass is 472 g/mol. The van der Waals surface area contributed by atoms with Crippen LogP contribution in [0.15, 0.2) is 52.5 Å². The van der Waals surface area contributed by atoms with E-state index in [1.807, 2.05) is 44.2 Å². The molecule has 0 bridgehead atoms. The molecule has 0 unspecified atom stereocenters. The average Bonchev–Trinajstić information content (AvgIpc) is 3.16. The van der Waals surface area contributed by atoms with Gasteiger partial charge in [-0.05, 0) is 56.2 Å². The highest BCUT2D eigenvalue weighted by Crippen LogP contribution is 2.25. The van der Waals surface area contributed by atoms with Crippen molar-refractivity contribution in [3.8, 4) is 0 Å². The molecule has 1 saturated heterocycles. The Morgan fingerprint density at radius 1 is 1.03 bits per heavy atom. The Balaban J connectivity index is 1.37. The lowest BCUT2D eigenvalue weighted by molar-refractivity contribution is -0.129. The van der Waals surface area contributed by atoms with Crippen LogP contribution in [-0.2, 0) is 21.4 Å². The third-order valence-electron chi connectivity index (χ3n) is 5.97. The highest BCUT2D eigenvalue weighted by Gasteiger charge is 2.30. The summed E-state index contributed by atoms with van der Waals surface area (Å²) in [5.74, 6) is 0.292. The largest absolute Gasteiger partial charge is 0.339 e. The number of hydrogen-bond acceptors (Lipinski definition) is 5. The molecule has 0 aliphatic carbocycles. The second-order valence-electron chi connectivity index (χ2n) is 7.95. The van der Waals surface area contributed by atoms with Gasteiger partial charge in [-0.1, -0.05) is 30.0 Å². The maximum atomic E-state index is 13.0. The zero-order valence-electron chi connectivity index (χ0n) is 18.6. The molecule has 3 aromatic rings. The van der Waals surface area contributed by atoms with E-state index in [0.717, 1.165) is 33.9 Å². The first-order valence-electron chi connectivity index (χ1n) is 10.7. The van der Waals surface area contributed by atoms with Gasteiger partial charge in [-0.25, -0.2) is 13.4 Å². The number of thioether (sulfide) groups is 1. The van der Waals surface area contributed by atoms with E-state index >= 15 is 0 Å². The first kappa shape index (κ1) is 22.8. The van der Waals surface area contributed by atoms with Crippen LogP contribution in [-0.4, -0.2) is 65.0 Å². The quantitative estimate of drug-likeness (QED) is 0.515. The summed E-state index contributed by atoms with van der Waals surface area (Å²) in [7, 11) is -3.55. The van der Waals surface area contributed by atoms with Gasteiger partial charge < -0.3 is 9.47 Å². The fourth-order valence-corrected chi connectivity index (χ4v) is 6.38. The fraction of sp³-hybridized carbons (Fsp3) is 0.391. The van der Waals surface area contributed by atoms with Crippen molar-refractivity contribution in [2.24, 2.45) is 0 Å². The highest BCUT2D eigenvalue weighted by molar-refractivity contribution is 7.99. The molecule has 32 heavy (non-hydrogen) atoms. The molecular formula is C23H28N4O3S2. The molecule has 1 aromatic heterocycles. The molecule has 4 rings (SSSR count). The number of rotatable bonds is 6. The Labute approximate surface area is 193 Å². The van der Waals surface area contributed by atoms with Gasteiger partial charge in [0.2, 0.25) is 15.9 Å². The van der Waals surface area contributed by atoms with Crippen LogP contribution >= 0.6 is 11.8 Å². The van der Waals surface area contributed by atoms with Crippen LogP contribution in [0.2, 0.25) is 0 Å². The molecular weight excluding hydrogens is 444 g/mol. The highest BCUT2D eigenvalue weighted by atomic mass is 32.2. The number of sulfonamides is 1. The smallest absolute Gasteiger partial charge is 0.243 e. The predicted octanol–water partition coefficient (Wildman–Crippen LogP) is 3.30. The number of hydrogen-bond donors (Lipinski definition) is 0. The molecule has 1 aliphatic rings. The molecule has 0 saturated carbocycles. The topological polar surface area (TPSA) is 75.5 Å². The number of fused-ring (bicyclic) bond motifs is 1. The first-order chi connectivity index (χ1) is 15.3. The minimum absolute atomic E-state index is 0.00735. The number of aryl methyl sites for hydroxylation is 3. The summed E-state index contributed by atoms with van der Waals surface area (Å²) in [5.41, 5.74) is 4.01. The normalized spacial score (nSPS) is 15.4. The Morgan fingerprint density at radius 2 is 1.75 bits per heavy atom. The molecule has 2 aromatic carbocycles. The number of aromatic nitrogens is 2. The van der Waals surface area contributed by atoms with Gasteiger partial charge in [0.15, 0.2) is 5.16 Å². The maximum absolute atomic E-state index is 13.0. The number of imidazole rings is 1. The lowest BCUT2D eigenvalue weighted by Gasteiger charge is -2.34. The molecule has 170 valence electrons. The van der Waals surface area contributed by atoms with Gasteiger partial charge in [-0.3, -0.25) is 4.79 Å². The van der Waals surface area contributed by atoms with E-state index in [2.05, 4.69) is 16.5 Å². The first-order valence-corrected chi connectivity index (χ1v) is 13.2. The molecule has 0 radical (unpaired) electrons. The molecule has 9 heteroatoms. The molecule has 1 amide bonds. The molecule has 0 N–H and O–H groups in total. The Morgan fingerprint density at radius 3 is 2.44 bits per heavy atom. The minimum Gasteiger partial charge on any atom is -0.339 e. The minimum atomic E-state index is -3.55. The van der Waals surface area contributed by atoms with Crippen molar-refractivity contribution < 1.29 is 13.2 Å². The molecule has 7 nitrogen and oxygen atoms in total. The van der Waals surface area contributed by atoms with Crippen molar-refractivity contribution in [2.75, 3.05) is 31.9 Å². The zero-order chi connectivity index (χ0) is 22.9. The fourth-order valence-electron chi connectivity index (χ4n) is 3.89. The van der Waals surface area contributed by atoms with Gasteiger partial charge in [0.25, 0.3) is 0 Å². The Bertz CT molecular complexity index is 1250. The van der Waals surface area contributed by atoms with Gasteiger partial charge in [0.05, 0.1) is 21.7 Å². The van der Waals surface area contributed by atoms with E-state index in [-0.39, 0.29) is 11.7 Å². The van der Waals surface area contributed by atoms with Crippen molar-refractivity contribution in [3.05, 3.63) is 53.6 Å². The van der Waals surface area contributed by atoms with Crippen LogP contribution in [0.3, 0.4) is 0 Å². The molecule has 0 spiro atoms. The summed E-state index contributed by atoms with van der Waals surface area (Å²) in [6.45, 7) is 8.12. The number of piperazine rings is 1. The van der Waals surface area contributed by atoms with Crippen molar-refractivity contribution >= 4 is 38.7 Å². The number of benzene rings is 2. The van der Waals surface area contributed by atoms with E-state index in [9.17, 15) is 13.2 Å². The SMILES string of the molecule is CCn1c(SCC(=O)N2CCN(S(=O)(=O)c3ccc(C)c(C)c3)CC2)nc2ccccc21. The third-order valence-corrected chi connectivity index (χ3v) is 8.82. The van der Waals surface area contributed by atoms with Crippen LogP contribution in [0, 0.1) is 13.8 Å². The summed E-state index contributed by atoms with van der Waals surface area (Å²) >= 11 is 1.43. The van der Waals surface area contributed by atoms with E-state index < -0.39 is 10.0 Å². The number of carbonyl (C=O) groups is 1. The third kappa shape index (κ3) is 4.42. The standard InChI is InChI=1S/C23H28N4O3S2/c1-4-27-21-8-6-5-7-20(21)24-23(27)31-16-22(28)25-11-13-26(14-12-25)32(29,30)19-10-9-17(2)18(3)15-19/h5-10,15H,4,11-14,16H2,1-3H3. The maximum Gasteiger partial charge on any atom is 0.243 e. The van der Waals surface area contributed by atoms with Gasteiger partial charge in [0, 0.05) is 32.7 Å². The van der Waals surface area contributed by atoms with Gasteiger partial charge in [0.1, 0.15) is 0 Å². The van der Waals surface area contributed by atoms with Crippen molar-refractivity contribution in [3.63, 3.8) is 0 Å². The summed E-state index contributed by atoms with van der Waals surface area (Å²) in [6.07, 6.45) is 0. The van der Waals surface area contributed by atoms with E-state index in [1.54, 1.807) is 17.0 Å². The van der Waals surface area contributed by atoms with Crippen molar-refractivity contribution in [2.45, 2.75) is 37.4 Å². The van der Waals surface area contributed by atoms with E-state index in [4.69, 9.17) is 0 Å². The van der Waals surface area contributed by atoms with E-state index in [1.165, 1.54) is 16.1 Å². The number of nitrogens with zero attached hydrogens (tertiary/aromatic N) is 4. The van der Waals surface area contributed by atoms with Crippen molar-refractivity contribution in [1.82, 2.24) is 18.8 Å². The van der Waals surface area contributed by atoms with Crippen LogP contribution in [0.4, 0.5) is 0 Å². The van der Waals surface area contributed by atoms with Crippen LogP contribution in [0.1, 0.15) is 18.1 Å². The lowest BCUT2D eigenvalue weighted by Crippen LogP contribution is -2.51. The Kier molecular flexibility index (Phi) is 6.60. The predicted molar refractivity (Wildman–Crippen MR) is 127 cm³/mol. The second kappa shape index (κ2) is 9.25. The summed E-state index contributed by atoms with van der Waals surface area (Å²) in [4.78, 5) is 19.5. The summed E-state index contributed by atoms with van der Waals surface area (Å²) < 4.78 is 29.6. The molecule has 2 heterocycles. The van der Waals surface area contributed by atoms with Crippen LogP contribution < -0.4 is 0 Å². The molecule has 1 fully saturated rings. The number of para-hydroxylation sites is 2. The number of amides is 1. The summed E-state index contributed by atoms with van der Waals surface area (Å²) in [6, 6.07) is 13.2. The summed E-state index contributed by atoms with van der Waals surface area (Å²) in [5, 5.41) is 0.831. The van der Waals surface area contributed by atoms with Gasteiger partial charge in [-0.2, -0.15) is 4.31 Å². The van der Waals surface area contributed by atoms with Gasteiger partial charge in [-0.15, -0.1) is 0 Å². The Hall–Kier alpha value is -2.36. The lowest BCUT2D eigenvalue weighted by atomic mass is 10.1.